The lowest BCUT2D eigenvalue weighted by Crippen LogP contribution is -2.21. The molecule has 6 nitrogen and oxygen atoms in total. The van der Waals surface area contributed by atoms with E-state index in [1.165, 1.54) is 11.3 Å². The smallest absolute Gasteiger partial charge is 0.160 e. The lowest BCUT2D eigenvalue weighted by molar-refractivity contribution is 0.316. The molecule has 5 rings (SSSR count). The Morgan fingerprint density at radius 3 is 3.00 bits per heavy atom. The fraction of sp³-hybridized carbons (Fsp3) is 0.429. The number of hydrogen-bond acceptors (Lipinski definition) is 4. The van der Waals surface area contributed by atoms with Gasteiger partial charge in [0.05, 0.1) is 5.69 Å². The number of aromatic nitrogens is 4. The van der Waals surface area contributed by atoms with E-state index in [1.54, 1.807) is 0 Å². The molecule has 0 saturated carbocycles. The van der Waals surface area contributed by atoms with Gasteiger partial charge in [0, 0.05) is 51.2 Å². The first-order chi connectivity index (χ1) is 13.4. The molecule has 0 bridgehead atoms. The van der Waals surface area contributed by atoms with Gasteiger partial charge in [0.15, 0.2) is 5.82 Å². The molecular formula is C21H26N6. The predicted molar refractivity (Wildman–Crippen MR) is 105 cm³/mol. The number of benzene rings is 1. The molecule has 2 aliphatic heterocycles. The van der Waals surface area contributed by atoms with Crippen molar-refractivity contribution in [1.29, 1.82) is 0 Å². The SMILES string of the molecule is c1ccc(CN2CCC(n3ccnc3-c3cc4n(n3)CCCNC4)C2)cc1. The molecule has 0 radical (unpaired) electrons. The van der Waals surface area contributed by atoms with Crippen molar-refractivity contribution in [1.82, 2.24) is 29.5 Å². The fourth-order valence-corrected chi connectivity index (χ4v) is 4.30. The quantitative estimate of drug-likeness (QED) is 0.775. The van der Waals surface area contributed by atoms with Gasteiger partial charge in [0.2, 0.25) is 0 Å². The Balaban J connectivity index is 1.33. The van der Waals surface area contributed by atoms with Crippen molar-refractivity contribution >= 4 is 0 Å². The van der Waals surface area contributed by atoms with Gasteiger partial charge in [-0.15, -0.1) is 0 Å². The van der Waals surface area contributed by atoms with Gasteiger partial charge in [-0.1, -0.05) is 30.3 Å². The van der Waals surface area contributed by atoms with E-state index in [4.69, 9.17) is 5.10 Å². The molecule has 0 aliphatic carbocycles. The summed E-state index contributed by atoms with van der Waals surface area (Å²) in [5.74, 6) is 1.00. The van der Waals surface area contributed by atoms with Crippen LogP contribution in [0.25, 0.3) is 11.5 Å². The minimum atomic E-state index is 0.464. The van der Waals surface area contributed by atoms with Crippen molar-refractivity contribution < 1.29 is 0 Å². The van der Waals surface area contributed by atoms with Crippen LogP contribution in [0.4, 0.5) is 0 Å². The molecule has 1 fully saturated rings. The Kier molecular flexibility index (Phi) is 4.51. The van der Waals surface area contributed by atoms with Crippen molar-refractivity contribution in [2.45, 2.75) is 38.5 Å². The van der Waals surface area contributed by atoms with Gasteiger partial charge in [-0.25, -0.2) is 4.98 Å². The molecule has 1 unspecified atom stereocenters. The maximum absolute atomic E-state index is 4.85. The van der Waals surface area contributed by atoms with Crippen LogP contribution in [0.5, 0.6) is 0 Å². The zero-order valence-corrected chi connectivity index (χ0v) is 15.6. The summed E-state index contributed by atoms with van der Waals surface area (Å²) in [6.45, 7) is 6.14. The summed E-state index contributed by atoms with van der Waals surface area (Å²) in [7, 11) is 0. The second kappa shape index (κ2) is 7.29. The molecular weight excluding hydrogens is 336 g/mol. The number of fused-ring (bicyclic) bond motifs is 1. The average molecular weight is 362 g/mol. The maximum Gasteiger partial charge on any atom is 0.160 e. The molecule has 140 valence electrons. The molecule has 0 amide bonds. The molecule has 2 aromatic heterocycles. The third kappa shape index (κ3) is 3.42. The van der Waals surface area contributed by atoms with Crippen LogP contribution < -0.4 is 5.32 Å². The number of likely N-dealkylation sites (tertiary alicyclic amines) is 1. The van der Waals surface area contributed by atoms with Gasteiger partial charge in [0.1, 0.15) is 5.69 Å². The first kappa shape index (κ1) is 16.7. The predicted octanol–water partition coefficient (Wildman–Crippen LogP) is 2.69. The Labute approximate surface area is 159 Å². The van der Waals surface area contributed by atoms with Crippen LogP contribution in [-0.2, 0) is 19.6 Å². The van der Waals surface area contributed by atoms with E-state index in [0.29, 0.717) is 6.04 Å². The summed E-state index contributed by atoms with van der Waals surface area (Å²) in [6, 6.07) is 13.4. The minimum Gasteiger partial charge on any atom is -0.325 e. The van der Waals surface area contributed by atoms with Crippen LogP contribution in [-0.4, -0.2) is 43.9 Å². The van der Waals surface area contributed by atoms with E-state index in [-0.39, 0.29) is 0 Å². The fourth-order valence-electron chi connectivity index (χ4n) is 4.30. The summed E-state index contributed by atoms with van der Waals surface area (Å²) in [5, 5.41) is 8.32. The van der Waals surface area contributed by atoms with Crippen molar-refractivity contribution in [3.63, 3.8) is 0 Å². The van der Waals surface area contributed by atoms with E-state index >= 15 is 0 Å². The molecule has 1 atom stereocenters. The van der Waals surface area contributed by atoms with E-state index in [2.05, 4.69) is 67.0 Å². The summed E-state index contributed by atoms with van der Waals surface area (Å²) < 4.78 is 4.48. The first-order valence-electron chi connectivity index (χ1n) is 9.94. The largest absolute Gasteiger partial charge is 0.325 e. The van der Waals surface area contributed by atoms with Gasteiger partial charge in [-0.3, -0.25) is 9.58 Å². The maximum atomic E-state index is 4.85. The Hall–Kier alpha value is -2.44. The molecule has 2 aliphatic rings. The highest BCUT2D eigenvalue weighted by Gasteiger charge is 2.26. The van der Waals surface area contributed by atoms with Crippen LogP contribution in [0.2, 0.25) is 0 Å². The molecule has 0 spiro atoms. The third-order valence-electron chi connectivity index (χ3n) is 5.68. The number of aryl methyl sites for hydroxylation is 1. The number of hydrogen-bond donors (Lipinski definition) is 1. The molecule has 4 heterocycles. The zero-order chi connectivity index (χ0) is 18.1. The third-order valence-corrected chi connectivity index (χ3v) is 5.68. The van der Waals surface area contributed by atoms with Gasteiger partial charge in [0.25, 0.3) is 0 Å². The van der Waals surface area contributed by atoms with Gasteiger partial charge < -0.3 is 9.88 Å². The highest BCUT2D eigenvalue weighted by atomic mass is 15.3. The number of nitrogens with zero attached hydrogens (tertiary/aromatic N) is 5. The molecule has 3 aromatic rings. The monoisotopic (exact) mass is 362 g/mol. The summed E-state index contributed by atoms with van der Waals surface area (Å²) in [4.78, 5) is 7.19. The van der Waals surface area contributed by atoms with Gasteiger partial charge in [-0.2, -0.15) is 5.10 Å². The highest BCUT2D eigenvalue weighted by Crippen LogP contribution is 2.28. The second-order valence-corrected chi connectivity index (χ2v) is 7.60. The van der Waals surface area contributed by atoms with E-state index in [9.17, 15) is 0 Å². The molecule has 1 saturated heterocycles. The number of rotatable bonds is 4. The standard InChI is InChI=1S/C21H26N6/c1-2-5-17(6-3-1)15-25-11-7-18(16-25)26-12-9-23-21(26)20-13-19-14-22-8-4-10-27(19)24-20/h1-3,5-6,9,12-13,18,22H,4,7-8,10-11,14-16H2. The molecule has 6 heteroatoms. The Bertz CT molecular complexity index is 873. The summed E-state index contributed by atoms with van der Waals surface area (Å²) in [6.07, 6.45) is 6.32. The van der Waals surface area contributed by atoms with Crippen molar-refractivity contribution in [3.8, 4) is 11.5 Å². The van der Waals surface area contributed by atoms with Crippen LogP contribution in [0.3, 0.4) is 0 Å². The minimum absolute atomic E-state index is 0.464. The lowest BCUT2D eigenvalue weighted by atomic mass is 10.2. The highest BCUT2D eigenvalue weighted by molar-refractivity contribution is 5.50. The normalized spacial score (nSPS) is 20.5. The van der Waals surface area contributed by atoms with Crippen LogP contribution in [0.1, 0.15) is 30.1 Å². The lowest BCUT2D eigenvalue weighted by Gasteiger charge is -2.17. The second-order valence-electron chi connectivity index (χ2n) is 7.60. The topological polar surface area (TPSA) is 50.9 Å². The van der Waals surface area contributed by atoms with Gasteiger partial charge in [-0.05, 0) is 31.0 Å². The first-order valence-corrected chi connectivity index (χ1v) is 9.94. The molecule has 27 heavy (non-hydrogen) atoms. The van der Waals surface area contributed by atoms with E-state index in [0.717, 1.165) is 63.6 Å². The summed E-state index contributed by atoms with van der Waals surface area (Å²) in [5.41, 5.74) is 3.64. The zero-order valence-electron chi connectivity index (χ0n) is 15.6. The number of nitrogens with one attached hydrogen (secondary N) is 1. The van der Waals surface area contributed by atoms with Crippen LogP contribution in [0.15, 0.2) is 48.8 Å². The van der Waals surface area contributed by atoms with E-state index < -0.39 is 0 Å². The van der Waals surface area contributed by atoms with E-state index in [1.807, 2.05) is 6.20 Å². The van der Waals surface area contributed by atoms with Gasteiger partial charge >= 0.3 is 0 Å². The Morgan fingerprint density at radius 2 is 2.07 bits per heavy atom. The van der Waals surface area contributed by atoms with Crippen LogP contribution in [0, 0.1) is 0 Å². The molecule has 1 N–H and O–H groups in total. The number of imidazole rings is 1. The van der Waals surface area contributed by atoms with Crippen LogP contribution >= 0.6 is 0 Å². The van der Waals surface area contributed by atoms with Crippen molar-refractivity contribution in [2.75, 3.05) is 19.6 Å². The average Bonchev–Trinajstić information content (AvgIpc) is 3.40. The molecule has 1 aromatic carbocycles. The Morgan fingerprint density at radius 1 is 1.15 bits per heavy atom. The summed E-state index contributed by atoms with van der Waals surface area (Å²) >= 11 is 0. The van der Waals surface area contributed by atoms with Crippen molar-refractivity contribution in [3.05, 3.63) is 60.0 Å². The van der Waals surface area contributed by atoms with Crippen molar-refractivity contribution in [2.24, 2.45) is 0 Å².